The lowest BCUT2D eigenvalue weighted by Crippen LogP contribution is -2.31. The number of amides is 1. The van der Waals surface area contributed by atoms with Crippen molar-refractivity contribution in [2.75, 3.05) is 14.2 Å². The van der Waals surface area contributed by atoms with Crippen molar-refractivity contribution in [3.63, 3.8) is 0 Å². The number of nitrogens with one attached hydrogen (secondary N) is 1. The van der Waals surface area contributed by atoms with E-state index in [2.05, 4.69) is 10.5 Å². The lowest BCUT2D eigenvalue weighted by molar-refractivity contribution is -0.137. The average molecular weight is 384 g/mol. The second-order valence-corrected chi connectivity index (χ2v) is 6.13. The van der Waals surface area contributed by atoms with Gasteiger partial charge in [0.2, 0.25) is 5.91 Å². The molecule has 1 atom stereocenters. The average Bonchev–Trinajstić information content (AvgIpc) is 3.09. The van der Waals surface area contributed by atoms with Crippen molar-refractivity contribution in [2.24, 2.45) is 0 Å². The fourth-order valence-corrected chi connectivity index (χ4v) is 2.98. The Morgan fingerprint density at radius 1 is 1.18 bits per heavy atom. The smallest absolute Gasteiger partial charge is 0.305 e. The summed E-state index contributed by atoms with van der Waals surface area (Å²) in [5.41, 5.74) is 1.62. The van der Waals surface area contributed by atoms with E-state index in [4.69, 9.17) is 14.0 Å². The molecule has 0 fully saturated rings. The van der Waals surface area contributed by atoms with Gasteiger partial charge in [0.25, 0.3) is 0 Å². The Balaban J connectivity index is 1.82. The van der Waals surface area contributed by atoms with Crippen LogP contribution in [0.1, 0.15) is 23.7 Å². The number of hydrogen-bond donors (Lipinski definition) is 2. The van der Waals surface area contributed by atoms with Gasteiger partial charge in [0.15, 0.2) is 5.58 Å². The Morgan fingerprint density at radius 2 is 1.96 bits per heavy atom. The topological polar surface area (TPSA) is 111 Å². The zero-order valence-corrected chi connectivity index (χ0v) is 15.5. The number of carboxylic acids is 1. The van der Waals surface area contributed by atoms with Crippen LogP contribution in [0.5, 0.6) is 11.5 Å². The fourth-order valence-electron chi connectivity index (χ4n) is 2.98. The molecule has 0 bridgehead atoms. The van der Waals surface area contributed by atoms with Gasteiger partial charge in [0.1, 0.15) is 17.2 Å². The summed E-state index contributed by atoms with van der Waals surface area (Å²) in [5.74, 6) is -0.425. The number of fused-ring (bicyclic) bond motifs is 1. The number of methoxy groups -OCH3 is 2. The number of para-hydroxylation sites is 1. The molecule has 3 aromatic rings. The summed E-state index contributed by atoms with van der Waals surface area (Å²) in [7, 11) is 2.99. The van der Waals surface area contributed by atoms with Gasteiger partial charge in [-0.25, -0.2) is 0 Å². The van der Waals surface area contributed by atoms with E-state index in [1.807, 2.05) is 18.2 Å². The minimum atomic E-state index is -1.05. The zero-order valence-electron chi connectivity index (χ0n) is 15.5. The van der Waals surface area contributed by atoms with E-state index < -0.39 is 12.0 Å². The van der Waals surface area contributed by atoms with Crippen LogP contribution in [0.3, 0.4) is 0 Å². The number of ether oxygens (including phenoxy) is 2. The molecule has 0 aliphatic rings. The van der Waals surface area contributed by atoms with Crippen molar-refractivity contribution in [1.29, 1.82) is 0 Å². The summed E-state index contributed by atoms with van der Waals surface area (Å²) in [6.45, 7) is 0. The molecule has 0 radical (unpaired) electrons. The molecule has 3 rings (SSSR count). The van der Waals surface area contributed by atoms with E-state index in [0.29, 0.717) is 28.3 Å². The number of hydrogen-bond acceptors (Lipinski definition) is 6. The maximum absolute atomic E-state index is 12.6. The van der Waals surface area contributed by atoms with Gasteiger partial charge < -0.3 is 24.4 Å². The van der Waals surface area contributed by atoms with Gasteiger partial charge in [0.05, 0.1) is 33.1 Å². The van der Waals surface area contributed by atoms with Crippen LogP contribution >= 0.6 is 0 Å². The van der Waals surface area contributed by atoms with Gasteiger partial charge in [-0.05, 0) is 24.3 Å². The van der Waals surface area contributed by atoms with E-state index in [-0.39, 0.29) is 18.7 Å². The van der Waals surface area contributed by atoms with Crippen LogP contribution < -0.4 is 14.8 Å². The second kappa shape index (κ2) is 8.43. The van der Waals surface area contributed by atoms with Gasteiger partial charge in [-0.1, -0.05) is 17.3 Å². The maximum atomic E-state index is 12.6. The lowest BCUT2D eigenvalue weighted by atomic mass is 10.0. The molecule has 0 saturated carbocycles. The number of aromatic nitrogens is 1. The van der Waals surface area contributed by atoms with Crippen molar-refractivity contribution in [3.05, 3.63) is 53.7 Å². The van der Waals surface area contributed by atoms with Crippen LogP contribution in [0.15, 0.2) is 47.0 Å². The van der Waals surface area contributed by atoms with Crippen LogP contribution in [0.2, 0.25) is 0 Å². The largest absolute Gasteiger partial charge is 0.497 e. The van der Waals surface area contributed by atoms with E-state index in [0.717, 1.165) is 5.39 Å². The van der Waals surface area contributed by atoms with Gasteiger partial charge in [0, 0.05) is 17.0 Å². The molecule has 1 amide bonds. The summed E-state index contributed by atoms with van der Waals surface area (Å²) in [4.78, 5) is 23.9. The monoisotopic (exact) mass is 384 g/mol. The molecule has 0 aliphatic heterocycles. The Kier molecular flexibility index (Phi) is 5.78. The van der Waals surface area contributed by atoms with E-state index >= 15 is 0 Å². The van der Waals surface area contributed by atoms with E-state index in [1.165, 1.54) is 14.2 Å². The molecule has 2 aromatic carbocycles. The first-order chi connectivity index (χ1) is 13.5. The number of benzene rings is 2. The molecule has 1 unspecified atom stereocenters. The summed E-state index contributed by atoms with van der Waals surface area (Å²) in [5, 5.41) is 16.7. The molecular formula is C20H20N2O6. The van der Waals surface area contributed by atoms with Crippen molar-refractivity contribution >= 4 is 22.8 Å². The molecular weight excluding hydrogens is 364 g/mol. The summed E-state index contributed by atoms with van der Waals surface area (Å²) >= 11 is 0. The third-order valence-corrected chi connectivity index (χ3v) is 4.31. The van der Waals surface area contributed by atoms with Crippen LogP contribution in [0, 0.1) is 0 Å². The molecule has 0 saturated heterocycles. The molecule has 28 heavy (non-hydrogen) atoms. The van der Waals surface area contributed by atoms with Gasteiger partial charge in [-0.15, -0.1) is 0 Å². The minimum Gasteiger partial charge on any atom is -0.497 e. The van der Waals surface area contributed by atoms with Crippen LogP contribution in [-0.2, 0) is 16.0 Å². The third-order valence-electron chi connectivity index (χ3n) is 4.31. The van der Waals surface area contributed by atoms with Crippen molar-refractivity contribution in [3.8, 4) is 11.5 Å². The van der Waals surface area contributed by atoms with E-state index in [1.54, 1.807) is 24.3 Å². The highest BCUT2D eigenvalue weighted by Gasteiger charge is 2.23. The Morgan fingerprint density at radius 3 is 2.68 bits per heavy atom. The normalized spacial score (nSPS) is 11.8. The zero-order chi connectivity index (χ0) is 20.1. The molecule has 8 nitrogen and oxygen atoms in total. The molecule has 0 aliphatic carbocycles. The number of carbonyl (C=O) groups excluding carboxylic acids is 1. The van der Waals surface area contributed by atoms with Crippen LogP contribution in [0.25, 0.3) is 11.0 Å². The highest BCUT2D eigenvalue weighted by atomic mass is 16.5. The maximum Gasteiger partial charge on any atom is 0.305 e. The minimum absolute atomic E-state index is 0.0361. The number of aliphatic carboxylic acids is 1. The Hall–Kier alpha value is -3.55. The van der Waals surface area contributed by atoms with Crippen LogP contribution in [0.4, 0.5) is 0 Å². The molecule has 1 aromatic heterocycles. The Labute approximate surface area is 161 Å². The standard InChI is InChI=1S/C20H20N2O6/c1-26-12-7-8-14(18(9-12)27-2)15(11-20(24)25)21-19(23)10-16-13-5-3-4-6-17(13)28-22-16/h3-9,15H,10-11H2,1-2H3,(H,21,23)(H,24,25). The fraction of sp³-hybridized carbons (Fsp3) is 0.250. The molecule has 0 spiro atoms. The van der Waals surface area contributed by atoms with E-state index in [9.17, 15) is 14.7 Å². The number of nitrogens with zero attached hydrogens (tertiary/aromatic N) is 1. The number of rotatable bonds is 8. The molecule has 146 valence electrons. The lowest BCUT2D eigenvalue weighted by Gasteiger charge is -2.20. The van der Waals surface area contributed by atoms with Gasteiger partial charge in [-0.3, -0.25) is 9.59 Å². The first-order valence-electron chi connectivity index (χ1n) is 8.58. The first-order valence-corrected chi connectivity index (χ1v) is 8.58. The molecule has 2 N–H and O–H groups in total. The predicted octanol–water partition coefficient (Wildman–Crippen LogP) is 2.72. The Bertz CT molecular complexity index is 997. The number of carboxylic acid groups (broad SMARTS) is 1. The van der Waals surface area contributed by atoms with Gasteiger partial charge in [-0.2, -0.15) is 0 Å². The van der Waals surface area contributed by atoms with Crippen molar-refractivity contribution in [2.45, 2.75) is 18.9 Å². The highest BCUT2D eigenvalue weighted by molar-refractivity contribution is 5.86. The first kappa shape index (κ1) is 19.2. The van der Waals surface area contributed by atoms with Crippen LogP contribution in [-0.4, -0.2) is 36.4 Å². The predicted molar refractivity (Wildman–Crippen MR) is 100 cm³/mol. The van der Waals surface area contributed by atoms with Gasteiger partial charge >= 0.3 is 5.97 Å². The summed E-state index contributed by atoms with van der Waals surface area (Å²) in [6, 6.07) is 11.5. The number of carbonyl (C=O) groups is 2. The highest BCUT2D eigenvalue weighted by Crippen LogP contribution is 2.31. The second-order valence-electron chi connectivity index (χ2n) is 6.13. The summed E-state index contributed by atoms with van der Waals surface area (Å²) in [6.07, 6.45) is -0.334. The van der Waals surface area contributed by atoms with Crippen molar-refractivity contribution < 1.29 is 28.7 Å². The van der Waals surface area contributed by atoms with Crippen molar-refractivity contribution in [1.82, 2.24) is 10.5 Å². The molecule has 1 heterocycles. The third kappa shape index (κ3) is 4.22. The SMILES string of the molecule is COc1ccc(C(CC(=O)O)NC(=O)Cc2noc3ccccc23)c(OC)c1. The quantitative estimate of drug-likeness (QED) is 0.614. The molecule has 8 heteroatoms. The summed E-state index contributed by atoms with van der Waals surface area (Å²) < 4.78 is 15.7.